The molecule has 3 N–H and O–H groups in total. The Labute approximate surface area is 143 Å². The van der Waals surface area contributed by atoms with Crippen LogP contribution in [0.15, 0.2) is 23.1 Å². The van der Waals surface area contributed by atoms with E-state index in [-0.39, 0.29) is 35.9 Å². The van der Waals surface area contributed by atoms with Gasteiger partial charge >= 0.3 is 0 Å². The summed E-state index contributed by atoms with van der Waals surface area (Å²) >= 11 is 0. The van der Waals surface area contributed by atoms with Gasteiger partial charge in [-0.15, -0.1) is 0 Å². The fourth-order valence-corrected chi connectivity index (χ4v) is 3.90. The van der Waals surface area contributed by atoms with Crippen molar-refractivity contribution in [1.29, 1.82) is 0 Å². The van der Waals surface area contributed by atoms with Crippen LogP contribution in [0.1, 0.15) is 43.2 Å². The lowest BCUT2D eigenvalue weighted by atomic mass is 9.93. The van der Waals surface area contributed by atoms with Crippen molar-refractivity contribution in [3.8, 4) is 0 Å². The molecule has 1 aliphatic rings. The van der Waals surface area contributed by atoms with E-state index in [2.05, 4.69) is 10.0 Å². The average molecular weight is 354 g/mol. The molecule has 1 saturated carbocycles. The largest absolute Gasteiger partial charge is 0.393 e. The van der Waals surface area contributed by atoms with Gasteiger partial charge in [-0.05, 0) is 62.8 Å². The maximum absolute atomic E-state index is 12.2. The van der Waals surface area contributed by atoms with Crippen LogP contribution in [0.5, 0.6) is 0 Å². The second kappa shape index (κ2) is 8.09. The first-order chi connectivity index (χ1) is 11.3. The molecule has 0 saturated heterocycles. The van der Waals surface area contributed by atoms with E-state index in [0.29, 0.717) is 12.8 Å². The summed E-state index contributed by atoms with van der Waals surface area (Å²) in [5.74, 6) is -0.167. The molecule has 0 heterocycles. The predicted molar refractivity (Wildman–Crippen MR) is 92.1 cm³/mol. The number of carbonyl (C=O) groups is 1. The standard InChI is InChI=1S/C17H26N2O4S/c1-12-3-8-16(11-13(12)2)24(22,23)18-10-9-17(21)19-14-4-6-15(20)7-5-14/h3,8,11,14-15,18,20H,4-7,9-10H2,1-2H3,(H,19,21). The molecule has 0 radical (unpaired) electrons. The first-order valence-electron chi connectivity index (χ1n) is 8.32. The summed E-state index contributed by atoms with van der Waals surface area (Å²) in [5, 5.41) is 12.3. The van der Waals surface area contributed by atoms with Gasteiger partial charge in [-0.1, -0.05) is 6.07 Å². The molecular formula is C17H26N2O4S. The van der Waals surface area contributed by atoms with E-state index in [1.807, 2.05) is 13.8 Å². The number of nitrogens with one attached hydrogen (secondary N) is 2. The Hall–Kier alpha value is -1.44. The zero-order chi connectivity index (χ0) is 17.7. The third-order valence-corrected chi connectivity index (χ3v) is 5.95. The molecule has 0 aliphatic heterocycles. The minimum absolute atomic E-state index is 0.0659. The summed E-state index contributed by atoms with van der Waals surface area (Å²) in [6.45, 7) is 3.85. The summed E-state index contributed by atoms with van der Waals surface area (Å²) in [6, 6.07) is 5.05. The monoisotopic (exact) mass is 354 g/mol. The van der Waals surface area contributed by atoms with Crippen molar-refractivity contribution in [2.75, 3.05) is 6.54 Å². The van der Waals surface area contributed by atoms with Crippen LogP contribution in [-0.4, -0.2) is 38.1 Å². The minimum atomic E-state index is -3.60. The number of sulfonamides is 1. The Morgan fingerprint density at radius 3 is 2.46 bits per heavy atom. The van der Waals surface area contributed by atoms with Crippen molar-refractivity contribution in [2.24, 2.45) is 0 Å². The van der Waals surface area contributed by atoms with E-state index in [0.717, 1.165) is 24.0 Å². The molecular weight excluding hydrogens is 328 g/mol. The minimum Gasteiger partial charge on any atom is -0.393 e. The Morgan fingerprint density at radius 1 is 1.17 bits per heavy atom. The molecule has 0 aromatic heterocycles. The Balaban J connectivity index is 1.80. The number of benzene rings is 1. The molecule has 0 unspecified atom stereocenters. The highest BCUT2D eigenvalue weighted by Gasteiger charge is 2.21. The third-order valence-electron chi connectivity index (χ3n) is 4.49. The van der Waals surface area contributed by atoms with Gasteiger partial charge < -0.3 is 10.4 Å². The van der Waals surface area contributed by atoms with Gasteiger partial charge in [-0.25, -0.2) is 13.1 Å². The third kappa shape index (κ3) is 5.29. The zero-order valence-electron chi connectivity index (χ0n) is 14.2. The van der Waals surface area contributed by atoms with Crippen LogP contribution < -0.4 is 10.0 Å². The van der Waals surface area contributed by atoms with Crippen molar-refractivity contribution in [3.63, 3.8) is 0 Å². The Kier molecular flexibility index (Phi) is 6.37. The van der Waals surface area contributed by atoms with Crippen LogP contribution in [0.2, 0.25) is 0 Å². The topological polar surface area (TPSA) is 95.5 Å². The van der Waals surface area contributed by atoms with E-state index in [1.54, 1.807) is 18.2 Å². The number of amides is 1. The van der Waals surface area contributed by atoms with Crippen molar-refractivity contribution < 1.29 is 18.3 Å². The van der Waals surface area contributed by atoms with Gasteiger partial charge in [0.2, 0.25) is 15.9 Å². The molecule has 134 valence electrons. The second-order valence-corrected chi connectivity index (χ2v) is 8.23. The van der Waals surface area contributed by atoms with Crippen molar-refractivity contribution in [2.45, 2.75) is 63.0 Å². The van der Waals surface area contributed by atoms with Gasteiger partial charge in [0, 0.05) is 19.0 Å². The molecule has 0 spiro atoms. The van der Waals surface area contributed by atoms with Crippen LogP contribution in [0.25, 0.3) is 0 Å². The summed E-state index contributed by atoms with van der Waals surface area (Å²) < 4.78 is 26.9. The lowest BCUT2D eigenvalue weighted by molar-refractivity contribution is -0.122. The molecule has 6 nitrogen and oxygen atoms in total. The van der Waals surface area contributed by atoms with Crippen molar-refractivity contribution in [1.82, 2.24) is 10.0 Å². The highest BCUT2D eigenvalue weighted by atomic mass is 32.2. The molecule has 2 rings (SSSR count). The highest BCUT2D eigenvalue weighted by Crippen LogP contribution is 2.18. The van der Waals surface area contributed by atoms with Crippen molar-refractivity contribution >= 4 is 15.9 Å². The summed E-state index contributed by atoms with van der Waals surface area (Å²) in [5.41, 5.74) is 1.95. The fraction of sp³-hybridized carbons (Fsp3) is 0.588. The highest BCUT2D eigenvalue weighted by molar-refractivity contribution is 7.89. The molecule has 24 heavy (non-hydrogen) atoms. The van der Waals surface area contributed by atoms with Crippen LogP contribution >= 0.6 is 0 Å². The maximum atomic E-state index is 12.2. The normalized spacial score (nSPS) is 21.5. The summed E-state index contributed by atoms with van der Waals surface area (Å²) in [7, 11) is -3.60. The molecule has 1 fully saturated rings. The molecule has 1 aromatic rings. The number of rotatable bonds is 6. The number of aryl methyl sites for hydroxylation is 2. The van der Waals surface area contributed by atoms with E-state index in [9.17, 15) is 18.3 Å². The predicted octanol–water partition coefficient (Wildman–Crippen LogP) is 1.39. The van der Waals surface area contributed by atoms with Gasteiger partial charge in [0.25, 0.3) is 0 Å². The van der Waals surface area contributed by atoms with Gasteiger partial charge in [-0.3, -0.25) is 4.79 Å². The molecule has 7 heteroatoms. The number of aliphatic hydroxyl groups excluding tert-OH is 1. The Morgan fingerprint density at radius 2 is 1.83 bits per heavy atom. The van der Waals surface area contributed by atoms with Crippen molar-refractivity contribution in [3.05, 3.63) is 29.3 Å². The van der Waals surface area contributed by atoms with E-state index < -0.39 is 10.0 Å². The van der Waals surface area contributed by atoms with Gasteiger partial charge in [-0.2, -0.15) is 0 Å². The smallest absolute Gasteiger partial charge is 0.240 e. The molecule has 1 amide bonds. The fourth-order valence-electron chi connectivity index (χ4n) is 2.78. The van der Waals surface area contributed by atoms with Gasteiger partial charge in [0.15, 0.2) is 0 Å². The van der Waals surface area contributed by atoms with E-state index >= 15 is 0 Å². The van der Waals surface area contributed by atoms with Crippen LogP contribution in [0.4, 0.5) is 0 Å². The number of hydrogen-bond donors (Lipinski definition) is 3. The summed E-state index contributed by atoms with van der Waals surface area (Å²) in [6.07, 6.45) is 2.77. The lowest BCUT2D eigenvalue weighted by Gasteiger charge is -2.26. The molecule has 1 aromatic carbocycles. The van der Waals surface area contributed by atoms with E-state index in [4.69, 9.17) is 0 Å². The number of carbonyl (C=O) groups excluding carboxylic acids is 1. The average Bonchev–Trinajstić information content (AvgIpc) is 2.52. The zero-order valence-corrected chi connectivity index (χ0v) is 15.0. The number of hydrogen-bond acceptors (Lipinski definition) is 4. The van der Waals surface area contributed by atoms with E-state index in [1.165, 1.54) is 0 Å². The first-order valence-corrected chi connectivity index (χ1v) is 9.80. The molecule has 1 aliphatic carbocycles. The van der Waals surface area contributed by atoms with Crippen LogP contribution in [0, 0.1) is 13.8 Å². The molecule has 0 bridgehead atoms. The number of aliphatic hydroxyl groups is 1. The van der Waals surface area contributed by atoms with Crippen LogP contribution in [0.3, 0.4) is 0 Å². The second-order valence-electron chi connectivity index (χ2n) is 6.47. The first kappa shape index (κ1) is 18.9. The quantitative estimate of drug-likeness (QED) is 0.719. The van der Waals surface area contributed by atoms with Gasteiger partial charge in [0.1, 0.15) is 0 Å². The van der Waals surface area contributed by atoms with Crippen LogP contribution in [-0.2, 0) is 14.8 Å². The SMILES string of the molecule is Cc1ccc(S(=O)(=O)NCCC(=O)NC2CCC(O)CC2)cc1C. The van der Waals surface area contributed by atoms with Gasteiger partial charge in [0.05, 0.1) is 11.0 Å². The molecule has 0 atom stereocenters. The maximum Gasteiger partial charge on any atom is 0.240 e. The lowest BCUT2D eigenvalue weighted by Crippen LogP contribution is -2.40. The Bertz CT molecular complexity index is 680. The summed E-state index contributed by atoms with van der Waals surface area (Å²) in [4.78, 5) is 12.1.